The van der Waals surface area contributed by atoms with Crippen molar-refractivity contribution in [1.82, 2.24) is 0 Å². The van der Waals surface area contributed by atoms with E-state index in [-0.39, 0.29) is 0 Å². The van der Waals surface area contributed by atoms with E-state index >= 15 is 0 Å². The van der Waals surface area contributed by atoms with Crippen LogP contribution in [0.1, 0.15) is 18.1 Å². The Morgan fingerprint density at radius 1 is 1.33 bits per heavy atom. The Hall–Kier alpha value is -1.14. The molecule has 2 atom stereocenters. The van der Waals surface area contributed by atoms with Crippen LogP contribution in [0.4, 0.5) is 5.69 Å². The summed E-state index contributed by atoms with van der Waals surface area (Å²) < 4.78 is 0. The second-order valence-electron chi connectivity index (χ2n) is 3.36. The average molecular weight is 211 g/mol. The Labute approximate surface area is 88.7 Å². The number of rotatable bonds is 5. The Balaban J connectivity index is 2.76. The quantitative estimate of drug-likeness (QED) is 0.340. The highest BCUT2D eigenvalue weighted by Gasteiger charge is 2.17. The summed E-state index contributed by atoms with van der Waals surface area (Å²) in [6.45, 7) is 0.340. The minimum Gasteiger partial charge on any atom is -0.390 e. The zero-order chi connectivity index (χ0) is 11.3. The molecule has 0 amide bonds. The Morgan fingerprint density at radius 3 is 2.67 bits per heavy atom. The van der Waals surface area contributed by atoms with Crippen molar-refractivity contribution in [3.05, 3.63) is 29.8 Å². The maximum Gasteiger partial charge on any atom is 0.105 e. The molecular formula is C10H17N3O2. The van der Waals surface area contributed by atoms with E-state index in [0.717, 1.165) is 0 Å². The number of nitrogen functional groups attached to an aromatic ring is 1. The number of hydrogen-bond donors (Lipinski definition) is 5. The van der Waals surface area contributed by atoms with Gasteiger partial charge in [0.05, 0.1) is 6.10 Å². The lowest BCUT2D eigenvalue weighted by Gasteiger charge is -2.17. The molecule has 5 heteroatoms. The van der Waals surface area contributed by atoms with Crippen LogP contribution in [0, 0.1) is 0 Å². The molecule has 0 spiro atoms. The van der Waals surface area contributed by atoms with Gasteiger partial charge in [-0.25, -0.2) is 0 Å². The molecule has 84 valence electrons. The van der Waals surface area contributed by atoms with Gasteiger partial charge in [-0.3, -0.25) is 5.84 Å². The number of aliphatic hydroxyl groups is 2. The van der Waals surface area contributed by atoms with Crippen molar-refractivity contribution in [1.29, 1.82) is 0 Å². The number of nitrogens with one attached hydrogen (secondary N) is 1. The highest BCUT2D eigenvalue weighted by molar-refractivity contribution is 5.45. The first-order chi connectivity index (χ1) is 7.19. The van der Waals surface area contributed by atoms with Crippen LogP contribution in [0.2, 0.25) is 0 Å². The summed E-state index contributed by atoms with van der Waals surface area (Å²) >= 11 is 0. The molecule has 5 nitrogen and oxygen atoms in total. The van der Waals surface area contributed by atoms with Crippen LogP contribution >= 0.6 is 0 Å². The predicted octanol–water partition coefficient (Wildman–Crippen LogP) is -0.285. The molecular weight excluding hydrogens is 194 g/mol. The SMILES string of the molecule is NCCC(O)C(O)c1cccc(NN)c1. The van der Waals surface area contributed by atoms with Gasteiger partial charge in [0, 0.05) is 5.69 Å². The van der Waals surface area contributed by atoms with E-state index in [2.05, 4.69) is 5.43 Å². The molecule has 0 bridgehead atoms. The van der Waals surface area contributed by atoms with Crippen LogP contribution in [0.3, 0.4) is 0 Å². The Bertz CT molecular complexity index is 306. The molecule has 0 aliphatic rings. The van der Waals surface area contributed by atoms with Crippen molar-refractivity contribution in [2.75, 3.05) is 12.0 Å². The summed E-state index contributed by atoms with van der Waals surface area (Å²) in [7, 11) is 0. The van der Waals surface area contributed by atoms with Gasteiger partial charge in [-0.05, 0) is 30.7 Å². The summed E-state index contributed by atoms with van der Waals surface area (Å²) in [4.78, 5) is 0. The first kappa shape index (κ1) is 11.9. The zero-order valence-corrected chi connectivity index (χ0v) is 8.43. The van der Waals surface area contributed by atoms with Gasteiger partial charge in [0.2, 0.25) is 0 Å². The van der Waals surface area contributed by atoms with Gasteiger partial charge in [-0.15, -0.1) is 0 Å². The molecule has 15 heavy (non-hydrogen) atoms. The fraction of sp³-hybridized carbons (Fsp3) is 0.400. The molecule has 0 aliphatic carbocycles. The molecule has 0 saturated carbocycles. The number of nitrogens with two attached hydrogens (primary N) is 2. The summed E-state index contributed by atoms with van der Waals surface area (Å²) in [5.74, 6) is 5.24. The van der Waals surface area contributed by atoms with Crippen molar-refractivity contribution in [3.63, 3.8) is 0 Å². The van der Waals surface area contributed by atoms with E-state index in [1.54, 1.807) is 24.3 Å². The maximum atomic E-state index is 9.77. The van der Waals surface area contributed by atoms with Crippen molar-refractivity contribution in [2.24, 2.45) is 11.6 Å². The number of hydrogen-bond acceptors (Lipinski definition) is 5. The summed E-state index contributed by atoms with van der Waals surface area (Å²) in [6, 6.07) is 6.93. The lowest BCUT2D eigenvalue weighted by molar-refractivity contribution is 0.0150. The molecule has 2 unspecified atom stereocenters. The van der Waals surface area contributed by atoms with Crippen LogP contribution in [-0.4, -0.2) is 22.9 Å². The predicted molar refractivity (Wildman–Crippen MR) is 58.9 cm³/mol. The van der Waals surface area contributed by atoms with Gasteiger partial charge in [0.25, 0.3) is 0 Å². The highest BCUT2D eigenvalue weighted by atomic mass is 16.3. The van der Waals surface area contributed by atoms with Gasteiger partial charge in [0.1, 0.15) is 6.10 Å². The summed E-state index contributed by atoms with van der Waals surface area (Å²) in [5, 5.41) is 19.3. The second-order valence-corrected chi connectivity index (χ2v) is 3.36. The summed E-state index contributed by atoms with van der Waals surface area (Å²) in [5.41, 5.74) is 9.08. The largest absolute Gasteiger partial charge is 0.390 e. The van der Waals surface area contributed by atoms with Crippen LogP contribution in [0.25, 0.3) is 0 Å². The average Bonchev–Trinajstić information content (AvgIpc) is 2.28. The van der Waals surface area contributed by atoms with Gasteiger partial charge in [0.15, 0.2) is 0 Å². The monoisotopic (exact) mass is 211 g/mol. The fourth-order valence-electron chi connectivity index (χ4n) is 1.36. The maximum absolute atomic E-state index is 9.77. The Kier molecular flexibility index (Phi) is 4.51. The lowest BCUT2D eigenvalue weighted by atomic mass is 10.0. The van der Waals surface area contributed by atoms with E-state index < -0.39 is 12.2 Å². The van der Waals surface area contributed by atoms with Gasteiger partial charge < -0.3 is 21.4 Å². The number of aliphatic hydroxyl groups excluding tert-OH is 2. The van der Waals surface area contributed by atoms with Crippen molar-refractivity contribution >= 4 is 5.69 Å². The molecule has 0 aliphatic heterocycles. The molecule has 0 radical (unpaired) electrons. The minimum atomic E-state index is -0.929. The molecule has 1 aromatic rings. The van der Waals surface area contributed by atoms with E-state index in [1.807, 2.05) is 0 Å². The first-order valence-electron chi connectivity index (χ1n) is 4.81. The van der Waals surface area contributed by atoms with Crippen LogP contribution in [-0.2, 0) is 0 Å². The van der Waals surface area contributed by atoms with Crippen molar-refractivity contribution in [3.8, 4) is 0 Å². The standard InChI is InChI=1S/C10H17N3O2/c11-5-4-9(14)10(15)7-2-1-3-8(6-7)13-12/h1-3,6,9-10,13-15H,4-5,11-12H2. The fourth-order valence-corrected chi connectivity index (χ4v) is 1.36. The molecule has 0 saturated heterocycles. The smallest absolute Gasteiger partial charge is 0.105 e. The van der Waals surface area contributed by atoms with Gasteiger partial charge in [-0.2, -0.15) is 0 Å². The topological polar surface area (TPSA) is 105 Å². The third-order valence-electron chi connectivity index (χ3n) is 2.22. The Morgan fingerprint density at radius 2 is 2.07 bits per heavy atom. The van der Waals surface area contributed by atoms with Crippen molar-refractivity contribution in [2.45, 2.75) is 18.6 Å². The summed E-state index contributed by atoms with van der Waals surface area (Å²) in [6.07, 6.45) is -1.41. The normalized spacial score (nSPS) is 14.7. The van der Waals surface area contributed by atoms with E-state index in [4.69, 9.17) is 11.6 Å². The lowest BCUT2D eigenvalue weighted by Crippen LogP contribution is -2.22. The van der Waals surface area contributed by atoms with Crippen molar-refractivity contribution < 1.29 is 10.2 Å². The number of anilines is 1. The van der Waals surface area contributed by atoms with Gasteiger partial charge >= 0.3 is 0 Å². The second kappa shape index (κ2) is 5.67. The number of hydrazine groups is 1. The van der Waals surface area contributed by atoms with E-state index in [9.17, 15) is 10.2 Å². The molecule has 1 aromatic carbocycles. The highest BCUT2D eigenvalue weighted by Crippen LogP contribution is 2.21. The minimum absolute atomic E-state index is 0.340. The first-order valence-corrected chi connectivity index (χ1v) is 4.81. The zero-order valence-electron chi connectivity index (χ0n) is 8.43. The molecule has 0 aromatic heterocycles. The molecule has 0 fully saturated rings. The van der Waals surface area contributed by atoms with Crippen LogP contribution in [0.5, 0.6) is 0 Å². The molecule has 0 heterocycles. The van der Waals surface area contributed by atoms with Crippen LogP contribution < -0.4 is 17.0 Å². The van der Waals surface area contributed by atoms with E-state index in [0.29, 0.717) is 24.2 Å². The third kappa shape index (κ3) is 3.17. The van der Waals surface area contributed by atoms with Gasteiger partial charge in [-0.1, -0.05) is 12.1 Å². The van der Waals surface area contributed by atoms with Crippen LogP contribution in [0.15, 0.2) is 24.3 Å². The molecule has 1 rings (SSSR count). The number of benzene rings is 1. The third-order valence-corrected chi connectivity index (χ3v) is 2.22. The molecule has 7 N–H and O–H groups in total. The van der Waals surface area contributed by atoms with E-state index in [1.165, 1.54) is 0 Å².